The van der Waals surface area contributed by atoms with E-state index < -0.39 is 0 Å². The first-order valence-corrected chi connectivity index (χ1v) is 8.03. The molecule has 2 rings (SSSR count). The maximum Gasteiger partial charge on any atom is 0.0594 e. The van der Waals surface area contributed by atoms with Crippen LogP contribution in [0.15, 0.2) is 22.9 Å². The highest BCUT2D eigenvalue weighted by Crippen LogP contribution is 2.26. The van der Waals surface area contributed by atoms with Gasteiger partial charge in [0.2, 0.25) is 0 Å². The predicted octanol–water partition coefficient (Wildman–Crippen LogP) is 2.21. The van der Waals surface area contributed by atoms with Gasteiger partial charge in [-0.05, 0) is 47.3 Å². The van der Waals surface area contributed by atoms with E-state index in [0.29, 0.717) is 0 Å². The summed E-state index contributed by atoms with van der Waals surface area (Å²) in [6.07, 6.45) is 5.58. The molecule has 2 heterocycles. The average Bonchev–Trinajstić information content (AvgIpc) is 2.47. The molecule has 0 aromatic carbocycles. The molecule has 0 bridgehead atoms. The smallest absolute Gasteiger partial charge is 0.0594 e. The van der Waals surface area contributed by atoms with Crippen molar-refractivity contribution in [3.63, 3.8) is 0 Å². The lowest BCUT2D eigenvalue weighted by molar-refractivity contribution is -0.0272. The van der Waals surface area contributed by atoms with Gasteiger partial charge >= 0.3 is 0 Å². The minimum atomic E-state index is 0.00605. The Morgan fingerprint density at radius 3 is 2.75 bits per heavy atom. The van der Waals surface area contributed by atoms with Gasteiger partial charge in [-0.1, -0.05) is 6.92 Å². The third kappa shape index (κ3) is 3.58. The zero-order chi connectivity index (χ0) is 14.6. The van der Waals surface area contributed by atoms with Crippen LogP contribution in [0.4, 0.5) is 0 Å². The van der Waals surface area contributed by atoms with Crippen LogP contribution in [0.2, 0.25) is 0 Å². The Morgan fingerprint density at radius 1 is 1.45 bits per heavy atom. The molecule has 0 spiro atoms. The van der Waals surface area contributed by atoms with Crippen LogP contribution < -0.4 is 5.73 Å². The number of nitrogens with two attached hydrogens (primary N) is 1. The van der Waals surface area contributed by atoms with Gasteiger partial charge in [-0.25, -0.2) is 0 Å². The lowest BCUT2D eigenvalue weighted by Crippen LogP contribution is -2.61. The van der Waals surface area contributed by atoms with E-state index in [1.807, 2.05) is 6.20 Å². The minimum Gasteiger partial charge on any atom is -0.379 e. The number of pyridine rings is 1. The molecule has 20 heavy (non-hydrogen) atoms. The fourth-order valence-corrected chi connectivity index (χ4v) is 3.25. The molecular formula is C15H24BrN3O. The molecule has 2 unspecified atom stereocenters. The monoisotopic (exact) mass is 341 g/mol. The van der Waals surface area contributed by atoms with E-state index in [1.165, 1.54) is 5.56 Å². The summed E-state index contributed by atoms with van der Waals surface area (Å²) in [7, 11) is 0. The van der Waals surface area contributed by atoms with Crippen LogP contribution in [-0.4, -0.2) is 47.8 Å². The quantitative estimate of drug-likeness (QED) is 0.892. The van der Waals surface area contributed by atoms with Gasteiger partial charge in [0, 0.05) is 41.5 Å². The number of hydrogen-bond acceptors (Lipinski definition) is 4. The number of halogens is 1. The molecule has 1 aromatic heterocycles. The first-order valence-electron chi connectivity index (χ1n) is 7.24. The first-order chi connectivity index (χ1) is 9.56. The summed E-state index contributed by atoms with van der Waals surface area (Å²) in [6.45, 7) is 8.04. The summed E-state index contributed by atoms with van der Waals surface area (Å²) in [5.74, 6) is 0. The predicted molar refractivity (Wildman–Crippen MR) is 84.7 cm³/mol. The van der Waals surface area contributed by atoms with Crippen LogP contribution in [0.25, 0.3) is 0 Å². The van der Waals surface area contributed by atoms with Gasteiger partial charge in [0.1, 0.15) is 0 Å². The molecule has 5 heteroatoms. The number of morpholine rings is 1. The zero-order valence-corrected chi connectivity index (χ0v) is 13.9. The maximum absolute atomic E-state index is 6.55. The standard InChI is InChI=1S/C15H24BrN3O/c1-3-15(2,19-4-6-20-7-5-19)14(17)9-12-8-13(16)11-18-10-12/h8,10-11,14H,3-7,9,17H2,1-2H3. The third-order valence-corrected chi connectivity index (χ3v) is 4.90. The van der Waals surface area contributed by atoms with Crippen molar-refractivity contribution in [2.24, 2.45) is 5.73 Å². The highest BCUT2D eigenvalue weighted by atomic mass is 79.9. The van der Waals surface area contributed by atoms with Crippen LogP contribution in [0.5, 0.6) is 0 Å². The molecule has 1 saturated heterocycles. The Kier molecular flexibility index (Phi) is 5.55. The number of nitrogens with zero attached hydrogens (tertiary/aromatic N) is 2. The Balaban J connectivity index is 2.09. The largest absolute Gasteiger partial charge is 0.379 e. The summed E-state index contributed by atoms with van der Waals surface area (Å²) in [4.78, 5) is 6.70. The van der Waals surface area contributed by atoms with Gasteiger partial charge in [0.05, 0.1) is 13.2 Å². The van der Waals surface area contributed by atoms with Crippen molar-refractivity contribution in [2.45, 2.75) is 38.3 Å². The van der Waals surface area contributed by atoms with Crippen molar-refractivity contribution in [3.8, 4) is 0 Å². The van der Waals surface area contributed by atoms with E-state index in [-0.39, 0.29) is 11.6 Å². The molecule has 4 nitrogen and oxygen atoms in total. The van der Waals surface area contributed by atoms with Crippen molar-refractivity contribution in [2.75, 3.05) is 26.3 Å². The van der Waals surface area contributed by atoms with Gasteiger partial charge in [0.15, 0.2) is 0 Å². The summed E-state index contributed by atoms with van der Waals surface area (Å²) in [6, 6.07) is 2.18. The second-order valence-corrected chi connectivity index (χ2v) is 6.55. The first kappa shape index (κ1) is 15.9. The van der Waals surface area contributed by atoms with Crippen molar-refractivity contribution in [1.82, 2.24) is 9.88 Å². The molecular weight excluding hydrogens is 318 g/mol. The fraction of sp³-hybridized carbons (Fsp3) is 0.667. The molecule has 0 radical (unpaired) electrons. The number of aromatic nitrogens is 1. The maximum atomic E-state index is 6.55. The Morgan fingerprint density at radius 2 is 2.15 bits per heavy atom. The number of rotatable bonds is 5. The van der Waals surface area contributed by atoms with Gasteiger partial charge in [0.25, 0.3) is 0 Å². The van der Waals surface area contributed by atoms with Crippen LogP contribution >= 0.6 is 15.9 Å². The van der Waals surface area contributed by atoms with Crippen LogP contribution in [0.3, 0.4) is 0 Å². The summed E-state index contributed by atoms with van der Waals surface area (Å²) in [5, 5.41) is 0. The highest BCUT2D eigenvalue weighted by molar-refractivity contribution is 9.10. The number of ether oxygens (including phenoxy) is 1. The topological polar surface area (TPSA) is 51.4 Å². The SMILES string of the molecule is CCC(C)(C(N)Cc1cncc(Br)c1)N1CCOCC1. The normalized spacial score (nSPS) is 21.4. The molecule has 1 aliphatic heterocycles. The van der Waals surface area contributed by atoms with E-state index in [0.717, 1.165) is 43.6 Å². The van der Waals surface area contributed by atoms with E-state index >= 15 is 0 Å². The van der Waals surface area contributed by atoms with Crippen LogP contribution in [-0.2, 0) is 11.2 Å². The molecule has 1 aliphatic rings. The Bertz CT molecular complexity index is 437. The van der Waals surface area contributed by atoms with Crippen molar-refractivity contribution in [1.29, 1.82) is 0 Å². The van der Waals surface area contributed by atoms with E-state index in [9.17, 15) is 0 Å². The van der Waals surface area contributed by atoms with Crippen molar-refractivity contribution in [3.05, 3.63) is 28.5 Å². The highest BCUT2D eigenvalue weighted by Gasteiger charge is 2.36. The molecule has 2 N–H and O–H groups in total. The van der Waals surface area contributed by atoms with E-state index in [4.69, 9.17) is 10.5 Å². The molecule has 0 saturated carbocycles. The fourth-order valence-electron chi connectivity index (χ4n) is 2.84. The second kappa shape index (κ2) is 6.98. The number of hydrogen-bond donors (Lipinski definition) is 1. The van der Waals surface area contributed by atoms with Crippen molar-refractivity contribution >= 4 is 15.9 Å². The molecule has 2 atom stereocenters. The summed E-state index contributed by atoms with van der Waals surface area (Å²) >= 11 is 3.47. The minimum absolute atomic E-state index is 0.00605. The molecule has 0 aliphatic carbocycles. The molecule has 112 valence electrons. The summed E-state index contributed by atoms with van der Waals surface area (Å²) in [5.41, 5.74) is 7.74. The lowest BCUT2D eigenvalue weighted by Gasteiger charge is -2.46. The molecule has 0 amide bonds. The third-order valence-electron chi connectivity index (χ3n) is 4.47. The van der Waals surface area contributed by atoms with E-state index in [2.05, 4.69) is 45.7 Å². The van der Waals surface area contributed by atoms with Gasteiger partial charge in [-0.3, -0.25) is 9.88 Å². The van der Waals surface area contributed by atoms with Crippen LogP contribution in [0.1, 0.15) is 25.8 Å². The van der Waals surface area contributed by atoms with Gasteiger partial charge in [-0.15, -0.1) is 0 Å². The van der Waals surface area contributed by atoms with E-state index in [1.54, 1.807) is 6.20 Å². The molecule has 1 aromatic rings. The zero-order valence-electron chi connectivity index (χ0n) is 12.3. The summed E-state index contributed by atoms with van der Waals surface area (Å²) < 4.78 is 6.46. The Hall–Kier alpha value is -0.490. The van der Waals surface area contributed by atoms with Crippen LogP contribution in [0, 0.1) is 0 Å². The van der Waals surface area contributed by atoms with Crippen molar-refractivity contribution < 1.29 is 4.74 Å². The Labute approximate surface area is 129 Å². The lowest BCUT2D eigenvalue weighted by atomic mass is 9.84. The van der Waals surface area contributed by atoms with Gasteiger partial charge < -0.3 is 10.5 Å². The second-order valence-electron chi connectivity index (χ2n) is 5.63. The molecule has 1 fully saturated rings. The average molecular weight is 342 g/mol. The van der Waals surface area contributed by atoms with Gasteiger partial charge in [-0.2, -0.15) is 0 Å².